The van der Waals surface area contributed by atoms with E-state index < -0.39 is 0 Å². The van der Waals surface area contributed by atoms with Gasteiger partial charge in [0.2, 0.25) is 0 Å². The molecule has 0 saturated heterocycles. The molecule has 0 radical (unpaired) electrons. The number of rotatable bonds is 4. The van der Waals surface area contributed by atoms with Crippen LogP contribution in [0, 0.1) is 0 Å². The second-order valence-corrected chi connectivity index (χ2v) is 2.95. The van der Waals surface area contributed by atoms with Gasteiger partial charge in [0.15, 0.2) is 5.82 Å². The highest BCUT2D eigenvalue weighted by Crippen LogP contribution is 1.98. The van der Waals surface area contributed by atoms with Crippen LogP contribution < -0.4 is 5.73 Å². The average Bonchev–Trinajstić information content (AvgIpc) is 2.36. The number of hydrogen-bond acceptors (Lipinski definition) is 4. The van der Waals surface area contributed by atoms with Crippen LogP contribution >= 0.6 is 0 Å². The fourth-order valence-corrected chi connectivity index (χ4v) is 1.11. The molecule has 2 N–H and O–H groups in total. The highest BCUT2D eigenvalue weighted by Gasteiger charge is 2.06. The third kappa shape index (κ3) is 2.58. The van der Waals surface area contributed by atoms with E-state index in [4.69, 9.17) is 5.73 Å². The van der Waals surface area contributed by atoms with Crippen molar-refractivity contribution < 1.29 is 0 Å². The molecule has 1 aromatic rings. The van der Waals surface area contributed by atoms with Gasteiger partial charge >= 0.3 is 0 Å². The summed E-state index contributed by atoms with van der Waals surface area (Å²) in [4.78, 5) is 1.45. The van der Waals surface area contributed by atoms with Gasteiger partial charge in [-0.25, -0.2) is 0 Å². The molecule has 0 aromatic carbocycles. The lowest BCUT2D eigenvalue weighted by atomic mass is 10.1. The molecule has 5 heteroatoms. The van der Waals surface area contributed by atoms with Crippen LogP contribution in [0.25, 0.3) is 0 Å². The zero-order chi connectivity index (χ0) is 8.97. The molecule has 0 spiro atoms. The van der Waals surface area contributed by atoms with Crippen molar-refractivity contribution in [2.45, 2.75) is 32.2 Å². The SMILES string of the molecule is CCCC(N)Cc1nnn(C)n1. The standard InChI is InChI=1S/C7H15N5/c1-3-4-6(8)5-7-9-11-12(2)10-7/h6H,3-5,8H2,1-2H3. The van der Waals surface area contributed by atoms with E-state index in [1.165, 1.54) is 4.80 Å². The Morgan fingerprint density at radius 1 is 1.58 bits per heavy atom. The Hall–Kier alpha value is -0.970. The monoisotopic (exact) mass is 169 g/mol. The first-order valence-corrected chi connectivity index (χ1v) is 4.20. The summed E-state index contributed by atoms with van der Waals surface area (Å²) in [5, 5.41) is 11.6. The molecule has 1 unspecified atom stereocenters. The Morgan fingerprint density at radius 3 is 2.83 bits per heavy atom. The lowest BCUT2D eigenvalue weighted by molar-refractivity contribution is 0.579. The van der Waals surface area contributed by atoms with Gasteiger partial charge in [-0.2, -0.15) is 4.80 Å². The third-order valence-corrected chi connectivity index (χ3v) is 1.65. The normalized spacial score (nSPS) is 13.2. The Balaban J connectivity index is 2.41. The summed E-state index contributed by atoms with van der Waals surface area (Å²) in [5.74, 6) is 0.735. The highest BCUT2D eigenvalue weighted by atomic mass is 15.6. The van der Waals surface area contributed by atoms with Crippen LogP contribution in [0.2, 0.25) is 0 Å². The maximum Gasteiger partial charge on any atom is 0.176 e. The molecule has 68 valence electrons. The molecule has 1 heterocycles. The van der Waals surface area contributed by atoms with E-state index in [2.05, 4.69) is 22.3 Å². The number of nitrogens with two attached hydrogens (primary N) is 1. The highest BCUT2D eigenvalue weighted by molar-refractivity contribution is 4.82. The van der Waals surface area contributed by atoms with Crippen molar-refractivity contribution in [1.29, 1.82) is 0 Å². The van der Waals surface area contributed by atoms with Crippen LogP contribution in [-0.4, -0.2) is 26.2 Å². The molecule has 0 aliphatic carbocycles. The first-order chi connectivity index (χ1) is 5.72. The van der Waals surface area contributed by atoms with Crippen LogP contribution in [0.15, 0.2) is 0 Å². The first-order valence-electron chi connectivity index (χ1n) is 4.20. The van der Waals surface area contributed by atoms with Gasteiger partial charge in [-0.05, 0) is 11.6 Å². The third-order valence-electron chi connectivity index (χ3n) is 1.65. The Labute approximate surface area is 71.9 Å². The molecule has 5 nitrogen and oxygen atoms in total. The van der Waals surface area contributed by atoms with Gasteiger partial charge in [-0.15, -0.1) is 10.2 Å². The van der Waals surface area contributed by atoms with Crippen molar-refractivity contribution in [1.82, 2.24) is 20.2 Å². The van der Waals surface area contributed by atoms with Gasteiger partial charge in [0.1, 0.15) is 0 Å². The molecule has 0 fully saturated rings. The zero-order valence-corrected chi connectivity index (χ0v) is 7.56. The van der Waals surface area contributed by atoms with E-state index in [9.17, 15) is 0 Å². The summed E-state index contributed by atoms with van der Waals surface area (Å²) >= 11 is 0. The van der Waals surface area contributed by atoms with Crippen LogP contribution in [0.5, 0.6) is 0 Å². The van der Waals surface area contributed by atoms with Crippen LogP contribution in [0.1, 0.15) is 25.6 Å². The van der Waals surface area contributed by atoms with Crippen molar-refractivity contribution >= 4 is 0 Å². The smallest absolute Gasteiger partial charge is 0.176 e. The average molecular weight is 169 g/mol. The summed E-state index contributed by atoms with van der Waals surface area (Å²) in [6.07, 6.45) is 2.83. The second kappa shape index (κ2) is 4.15. The minimum Gasteiger partial charge on any atom is -0.327 e. The largest absolute Gasteiger partial charge is 0.327 e. The summed E-state index contributed by atoms with van der Waals surface area (Å²) in [7, 11) is 1.75. The van der Waals surface area contributed by atoms with E-state index in [0.717, 1.165) is 25.1 Å². The zero-order valence-electron chi connectivity index (χ0n) is 7.56. The van der Waals surface area contributed by atoms with Crippen LogP contribution in [-0.2, 0) is 13.5 Å². The van der Waals surface area contributed by atoms with Crippen LogP contribution in [0.3, 0.4) is 0 Å². The predicted octanol–water partition coefficient (Wildman–Crippen LogP) is -0.120. The van der Waals surface area contributed by atoms with E-state index >= 15 is 0 Å². The van der Waals surface area contributed by atoms with Crippen molar-refractivity contribution in [3.63, 3.8) is 0 Å². The Kier molecular flexibility index (Phi) is 3.16. The minimum atomic E-state index is 0.166. The molecule has 0 aliphatic heterocycles. The van der Waals surface area contributed by atoms with Crippen molar-refractivity contribution in [3.05, 3.63) is 5.82 Å². The molecule has 0 aliphatic rings. The van der Waals surface area contributed by atoms with Gasteiger partial charge in [0, 0.05) is 12.5 Å². The quantitative estimate of drug-likeness (QED) is 0.682. The second-order valence-electron chi connectivity index (χ2n) is 2.95. The molecule has 1 rings (SSSR count). The fraction of sp³-hybridized carbons (Fsp3) is 0.857. The Bertz CT molecular complexity index is 231. The predicted molar refractivity (Wildman–Crippen MR) is 45.4 cm³/mol. The maximum atomic E-state index is 5.81. The number of hydrogen-bond donors (Lipinski definition) is 1. The number of tetrazole rings is 1. The van der Waals surface area contributed by atoms with Crippen molar-refractivity contribution in [3.8, 4) is 0 Å². The maximum absolute atomic E-state index is 5.81. The van der Waals surface area contributed by atoms with E-state index in [1.807, 2.05) is 0 Å². The van der Waals surface area contributed by atoms with E-state index in [-0.39, 0.29) is 6.04 Å². The summed E-state index contributed by atoms with van der Waals surface area (Å²) in [5.41, 5.74) is 5.81. The van der Waals surface area contributed by atoms with Gasteiger partial charge in [0.05, 0.1) is 7.05 Å². The molecule has 0 amide bonds. The molecule has 0 saturated carbocycles. The van der Waals surface area contributed by atoms with Gasteiger partial charge < -0.3 is 5.73 Å². The van der Waals surface area contributed by atoms with Gasteiger partial charge in [0.25, 0.3) is 0 Å². The lowest BCUT2D eigenvalue weighted by Crippen LogP contribution is -2.23. The minimum absolute atomic E-state index is 0.166. The van der Waals surface area contributed by atoms with Crippen molar-refractivity contribution in [2.75, 3.05) is 0 Å². The molecular weight excluding hydrogens is 154 g/mol. The molecule has 1 aromatic heterocycles. The lowest BCUT2D eigenvalue weighted by Gasteiger charge is -2.05. The Morgan fingerprint density at radius 2 is 2.33 bits per heavy atom. The first kappa shape index (κ1) is 9.12. The number of nitrogens with zero attached hydrogens (tertiary/aromatic N) is 4. The molecule has 0 bridgehead atoms. The number of aromatic nitrogens is 4. The molecular formula is C7H15N5. The fourth-order valence-electron chi connectivity index (χ4n) is 1.11. The topological polar surface area (TPSA) is 69.6 Å². The van der Waals surface area contributed by atoms with E-state index in [0.29, 0.717) is 0 Å². The summed E-state index contributed by atoms with van der Waals surface area (Å²) < 4.78 is 0. The van der Waals surface area contributed by atoms with Gasteiger partial charge in [-0.1, -0.05) is 13.3 Å². The molecule has 12 heavy (non-hydrogen) atoms. The van der Waals surface area contributed by atoms with E-state index in [1.54, 1.807) is 7.05 Å². The molecule has 1 atom stereocenters. The van der Waals surface area contributed by atoms with Gasteiger partial charge in [-0.3, -0.25) is 0 Å². The summed E-state index contributed by atoms with van der Waals surface area (Å²) in [6, 6.07) is 0.166. The van der Waals surface area contributed by atoms with Crippen molar-refractivity contribution in [2.24, 2.45) is 12.8 Å². The summed E-state index contributed by atoms with van der Waals surface area (Å²) in [6.45, 7) is 2.12. The van der Waals surface area contributed by atoms with Crippen LogP contribution in [0.4, 0.5) is 0 Å². The number of aryl methyl sites for hydroxylation is 1.